The molecule has 0 saturated carbocycles. The van der Waals surface area contributed by atoms with Crippen LogP contribution in [0.15, 0.2) is 53.3 Å². The van der Waals surface area contributed by atoms with Gasteiger partial charge in [0.25, 0.3) is 5.91 Å². The first-order valence-corrected chi connectivity index (χ1v) is 9.75. The van der Waals surface area contributed by atoms with Crippen LogP contribution in [0.5, 0.6) is 0 Å². The second kappa shape index (κ2) is 9.80. The minimum absolute atomic E-state index is 0.0603. The summed E-state index contributed by atoms with van der Waals surface area (Å²) in [4.78, 5) is 21.4. The SMILES string of the molecule is O=C(c1cccc(Br)c1)N(CCCN1CCOCC1)Cc1ccncc1. The highest BCUT2D eigenvalue weighted by Gasteiger charge is 2.17. The number of ether oxygens (including phenoxy) is 1. The minimum Gasteiger partial charge on any atom is -0.379 e. The summed E-state index contributed by atoms with van der Waals surface area (Å²) in [5.41, 5.74) is 1.80. The largest absolute Gasteiger partial charge is 0.379 e. The van der Waals surface area contributed by atoms with Crippen molar-refractivity contribution in [2.24, 2.45) is 0 Å². The molecule has 1 fully saturated rings. The van der Waals surface area contributed by atoms with Crippen LogP contribution in [0.4, 0.5) is 0 Å². The van der Waals surface area contributed by atoms with Crippen molar-refractivity contribution in [3.63, 3.8) is 0 Å². The minimum atomic E-state index is 0.0603. The van der Waals surface area contributed by atoms with E-state index in [1.54, 1.807) is 12.4 Å². The van der Waals surface area contributed by atoms with Gasteiger partial charge in [0, 0.05) is 55.2 Å². The first kappa shape index (κ1) is 19.0. The van der Waals surface area contributed by atoms with E-state index >= 15 is 0 Å². The Morgan fingerprint density at radius 3 is 2.69 bits per heavy atom. The number of nitrogens with zero attached hydrogens (tertiary/aromatic N) is 3. The second-order valence-electron chi connectivity index (χ2n) is 6.40. The number of aromatic nitrogens is 1. The lowest BCUT2D eigenvalue weighted by Gasteiger charge is -2.28. The lowest BCUT2D eigenvalue weighted by atomic mass is 10.1. The van der Waals surface area contributed by atoms with E-state index in [0.717, 1.165) is 55.8 Å². The summed E-state index contributed by atoms with van der Waals surface area (Å²) in [7, 11) is 0. The number of hydrogen-bond acceptors (Lipinski definition) is 4. The molecular formula is C20H24BrN3O2. The summed E-state index contributed by atoms with van der Waals surface area (Å²) in [6, 6.07) is 11.5. The number of benzene rings is 1. The van der Waals surface area contributed by atoms with Crippen LogP contribution in [0.3, 0.4) is 0 Å². The Hall–Kier alpha value is -1.76. The topological polar surface area (TPSA) is 45.7 Å². The molecule has 1 aromatic heterocycles. The molecule has 2 aromatic rings. The summed E-state index contributed by atoms with van der Waals surface area (Å²) in [5, 5.41) is 0. The quantitative estimate of drug-likeness (QED) is 0.693. The Morgan fingerprint density at radius 2 is 1.96 bits per heavy atom. The monoisotopic (exact) mass is 417 g/mol. The zero-order chi connectivity index (χ0) is 18.2. The molecule has 2 heterocycles. The van der Waals surface area contributed by atoms with Gasteiger partial charge in [-0.2, -0.15) is 0 Å². The van der Waals surface area contributed by atoms with Crippen molar-refractivity contribution >= 4 is 21.8 Å². The van der Waals surface area contributed by atoms with Gasteiger partial charge in [0.2, 0.25) is 0 Å². The molecule has 0 unspecified atom stereocenters. The molecule has 1 saturated heterocycles. The van der Waals surface area contributed by atoms with E-state index in [1.807, 2.05) is 41.3 Å². The van der Waals surface area contributed by atoms with Crippen LogP contribution in [-0.4, -0.2) is 60.1 Å². The van der Waals surface area contributed by atoms with Crippen LogP contribution in [0.2, 0.25) is 0 Å². The van der Waals surface area contributed by atoms with Gasteiger partial charge in [-0.05, 0) is 42.3 Å². The predicted octanol–water partition coefficient (Wildman–Crippen LogP) is 3.21. The number of hydrogen-bond donors (Lipinski definition) is 0. The molecule has 0 radical (unpaired) electrons. The maximum atomic E-state index is 13.0. The van der Waals surface area contributed by atoms with E-state index in [0.29, 0.717) is 12.1 Å². The molecule has 3 rings (SSSR count). The van der Waals surface area contributed by atoms with Gasteiger partial charge in [0.1, 0.15) is 0 Å². The highest BCUT2D eigenvalue weighted by Crippen LogP contribution is 2.15. The molecule has 0 spiro atoms. The molecular weight excluding hydrogens is 394 g/mol. The molecule has 5 nitrogen and oxygen atoms in total. The molecule has 0 aliphatic carbocycles. The molecule has 1 amide bonds. The van der Waals surface area contributed by atoms with Crippen LogP contribution in [0.1, 0.15) is 22.3 Å². The van der Waals surface area contributed by atoms with Crippen molar-refractivity contribution in [2.45, 2.75) is 13.0 Å². The van der Waals surface area contributed by atoms with Gasteiger partial charge in [-0.3, -0.25) is 14.7 Å². The average molecular weight is 418 g/mol. The predicted molar refractivity (Wildman–Crippen MR) is 105 cm³/mol. The molecule has 26 heavy (non-hydrogen) atoms. The third-order valence-corrected chi connectivity index (χ3v) is 4.98. The number of morpholine rings is 1. The number of amides is 1. The maximum Gasteiger partial charge on any atom is 0.254 e. The van der Waals surface area contributed by atoms with Gasteiger partial charge in [0.15, 0.2) is 0 Å². The number of pyridine rings is 1. The molecule has 1 aliphatic heterocycles. The number of rotatable bonds is 7. The van der Waals surface area contributed by atoms with E-state index in [-0.39, 0.29) is 5.91 Å². The maximum absolute atomic E-state index is 13.0. The van der Waals surface area contributed by atoms with Crippen molar-refractivity contribution in [3.8, 4) is 0 Å². The van der Waals surface area contributed by atoms with Gasteiger partial charge >= 0.3 is 0 Å². The van der Waals surface area contributed by atoms with Gasteiger partial charge < -0.3 is 9.64 Å². The average Bonchev–Trinajstić information content (AvgIpc) is 2.68. The first-order chi connectivity index (χ1) is 12.7. The zero-order valence-electron chi connectivity index (χ0n) is 14.8. The Balaban J connectivity index is 1.65. The second-order valence-corrected chi connectivity index (χ2v) is 7.32. The van der Waals surface area contributed by atoms with E-state index in [9.17, 15) is 4.79 Å². The fraction of sp³-hybridized carbons (Fsp3) is 0.400. The van der Waals surface area contributed by atoms with Gasteiger partial charge in [-0.15, -0.1) is 0 Å². The summed E-state index contributed by atoms with van der Waals surface area (Å²) < 4.78 is 6.31. The van der Waals surface area contributed by atoms with E-state index < -0.39 is 0 Å². The van der Waals surface area contributed by atoms with Gasteiger partial charge in [-0.1, -0.05) is 22.0 Å². The fourth-order valence-electron chi connectivity index (χ4n) is 3.08. The molecule has 1 aliphatic rings. The normalized spacial score (nSPS) is 15.0. The van der Waals surface area contributed by atoms with Crippen LogP contribution in [0, 0.1) is 0 Å². The standard InChI is InChI=1S/C20H24BrN3O2/c21-19-4-1-3-18(15-19)20(25)24(16-17-5-7-22-8-6-17)10-2-9-23-11-13-26-14-12-23/h1,3-8,15H,2,9-14,16H2. The van der Waals surface area contributed by atoms with Crippen molar-refractivity contribution < 1.29 is 9.53 Å². The smallest absolute Gasteiger partial charge is 0.254 e. The number of halogens is 1. The number of carbonyl (C=O) groups is 1. The van der Waals surface area contributed by atoms with Crippen LogP contribution in [0.25, 0.3) is 0 Å². The molecule has 138 valence electrons. The molecule has 1 aromatic carbocycles. The van der Waals surface area contributed by atoms with Crippen LogP contribution < -0.4 is 0 Å². The summed E-state index contributed by atoms with van der Waals surface area (Å²) in [5.74, 6) is 0.0603. The molecule has 6 heteroatoms. The van der Waals surface area contributed by atoms with E-state index in [2.05, 4.69) is 25.8 Å². The fourth-order valence-corrected chi connectivity index (χ4v) is 3.47. The lowest BCUT2D eigenvalue weighted by Crippen LogP contribution is -2.39. The lowest BCUT2D eigenvalue weighted by molar-refractivity contribution is 0.0355. The highest BCUT2D eigenvalue weighted by molar-refractivity contribution is 9.10. The van der Waals surface area contributed by atoms with Crippen LogP contribution >= 0.6 is 15.9 Å². The zero-order valence-corrected chi connectivity index (χ0v) is 16.4. The van der Waals surface area contributed by atoms with Crippen molar-refractivity contribution in [3.05, 3.63) is 64.4 Å². The third-order valence-electron chi connectivity index (χ3n) is 4.49. The van der Waals surface area contributed by atoms with Crippen molar-refractivity contribution in [2.75, 3.05) is 39.4 Å². The Morgan fingerprint density at radius 1 is 1.19 bits per heavy atom. The van der Waals surface area contributed by atoms with Crippen LogP contribution in [-0.2, 0) is 11.3 Å². The van der Waals surface area contributed by atoms with E-state index in [4.69, 9.17) is 4.74 Å². The number of carbonyl (C=O) groups excluding carboxylic acids is 1. The molecule has 0 atom stereocenters. The van der Waals surface area contributed by atoms with Gasteiger partial charge in [0.05, 0.1) is 13.2 Å². The third kappa shape index (κ3) is 5.62. The van der Waals surface area contributed by atoms with E-state index in [1.165, 1.54) is 0 Å². The Labute approximate surface area is 163 Å². The molecule has 0 N–H and O–H groups in total. The Bertz CT molecular complexity index is 705. The first-order valence-electron chi connectivity index (χ1n) is 8.96. The Kier molecular flexibility index (Phi) is 7.17. The van der Waals surface area contributed by atoms with Crippen molar-refractivity contribution in [1.82, 2.24) is 14.8 Å². The molecule has 0 bridgehead atoms. The van der Waals surface area contributed by atoms with Crippen molar-refractivity contribution in [1.29, 1.82) is 0 Å². The summed E-state index contributed by atoms with van der Waals surface area (Å²) in [6.45, 7) is 5.87. The van der Waals surface area contributed by atoms with Gasteiger partial charge in [-0.25, -0.2) is 0 Å². The highest BCUT2D eigenvalue weighted by atomic mass is 79.9. The summed E-state index contributed by atoms with van der Waals surface area (Å²) >= 11 is 3.45. The summed E-state index contributed by atoms with van der Waals surface area (Å²) in [6.07, 6.45) is 4.49.